The monoisotopic (exact) mass is 810 g/mol. The molecule has 4 aromatic rings. The topological polar surface area (TPSA) is 139 Å². The molecule has 2 atom stereocenters. The van der Waals surface area contributed by atoms with Gasteiger partial charge in [0, 0.05) is 24.6 Å². The number of rotatable bonds is 16. The summed E-state index contributed by atoms with van der Waals surface area (Å²) in [6.07, 6.45) is -0.298. The maximum atomic E-state index is 15.4. The van der Waals surface area contributed by atoms with Crippen LogP contribution in [0.25, 0.3) is 0 Å². The lowest BCUT2D eigenvalue weighted by Gasteiger charge is -2.41. The average molecular weight is 811 g/mol. The zero-order chi connectivity index (χ0) is 43.0. The zero-order valence-corrected chi connectivity index (χ0v) is 35.5. The fraction of sp³-hybridized carbons (Fsp3) is 0.391. The number of hydrogen-bond acceptors (Lipinski definition) is 11. The summed E-state index contributed by atoms with van der Waals surface area (Å²) < 4.78 is 41.6. The highest BCUT2D eigenvalue weighted by Gasteiger charge is 2.45. The van der Waals surface area contributed by atoms with Gasteiger partial charge in [0.05, 0.1) is 65.4 Å². The molecule has 5 rings (SSSR count). The van der Waals surface area contributed by atoms with Gasteiger partial charge in [0.1, 0.15) is 24.0 Å². The Hall–Kier alpha value is -6.08. The number of methoxy groups -OCH3 is 4. The summed E-state index contributed by atoms with van der Waals surface area (Å²) in [7, 11) is 7.35. The number of ketones is 1. The smallest absolute Gasteiger partial charge is 0.410 e. The number of amides is 2. The number of hydrogen-bond donors (Lipinski definition) is 0. The first-order valence-corrected chi connectivity index (χ1v) is 19.2. The number of carbonyl (C=O) groups excluding carboxylic acids is 4. The van der Waals surface area contributed by atoms with Crippen LogP contribution in [0.2, 0.25) is 0 Å². The summed E-state index contributed by atoms with van der Waals surface area (Å²) >= 11 is 0. The van der Waals surface area contributed by atoms with E-state index in [0.717, 1.165) is 11.1 Å². The van der Waals surface area contributed by atoms with Crippen LogP contribution in [0.15, 0.2) is 66.7 Å². The number of aryl methyl sites for hydroxylation is 1. The fourth-order valence-electron chi connectivity index (χ4n) is 7.41. The maximum Gasteiger partial charge on any atom is 0.410 e. The van der Waals surface area contributed by atoms with E-state index in [9.17, 15) is 14.4 Å². The number of ether oxygens (including phenoxy) is 7. The Kier molecular flexibility index (Phi) is 14.3. The van der Waals surface area contributed by atoms with Gasteiger partial charge in [0.15, 0.2) is 35.1 Å². The second-order valence-corrected chi connectivity index (χ2v) is 15.3. The van der Waals surface area contributed by atoms with Crippen molar-refractivity contribution in [2.45, 2.75) is 71.9 Å². The minimum atomic E-state index is -1.30. The van der Waals surface area contributed by atoms with Gasteiger partial charge in [-0.05, 0) is 56.9 Å². The summed E-state index contributed by atoms with van der Waals surface area (Å²) in [5, 5.41) is 0. The number of likely N-dealkylation sites (N-methyl/N-ethyl adjacent to an activating group) is 1. The predicted octanol–water partition coefficient (Wildman–Crippen LogP) is 7.49. The van der Waals surface area contributed by atoms with Crippen LogP contribution in [0.1, 0.15) is 80.9 Å². The van der Waals surface area contributed by atoms with E-state index in [1.807, 2.05) is 60.7 Å². The molecule has 0 bridgehead atoms. The molecule has 13 heteroatoms. The van der Waals surface area contributed by atoms with Crippen molar-refractivity contribution in [3.05, 3.63) is 111 Å². The molecule has 0 radical (unpaired) electrons. The zero-order valence-electron chi connectivity index (χ0n) is 35.5. The Bertz CT molecular complexity index is 2150. The summed E-state index contributed by atoms with van der Waals surface area (Å²) in [5.41, 5.74) is 3.17. The molecule has 314 valence electrons. The van der Waals surface area contributed by atoms with Crippen LogP contribution in [0, 0.1) is 13.8 Å². The van der Waals surface area contributed by atoms with Crippen LogP contribution in [-0.4, -0.2) is 94.2 Å². The molecule has 0 N–H and O–H groups in total. The van der Waals surface area contributed by atoms with Crippen molar-refractivity contribution in [3.8, 4) is 28.7 Å². The van der Waals surface area contributed by atoms with Gasteiger partial charge >= 0.3 is 6.09 Å². The fourth-order valence-corrected chi connectivity index (χ4v) is 7.41. The van der Waals surface area contributed by atoms with E-state index in [4.69, 9.17) is 33.2 Å². The van der Waals surface area contributed by atoms with E-state index >= 15 is 4.79 Å². The summed E-state index contributed by atoms with van der Waals surface area (Å²) in [6.45, 7) is 8.60. The lowest BCUT2D eigenvalue weighted by molar-refractivity contribution is -0.140. The lowest BCUT2D eigenvalue weighted by Crippen LogP contribution is -2.55. The first-order valence-electron chi connectivity index (χ1n) is 19.2. The quantitative estimate of drug-likeness (QED) is 0.104. The highest BCUT2D eigenvalue weighted by Crippen LogP contribution is 2.50. The van der Waals surface area contributed by atoms with E-state index in [0.29, 0.717) is 40.0 Å². The number of Topliss-reactive ketones (excluding diaryl/α,β-unsaturated/α-hetero) is 1. The average Bonchev–Trinajstić information content (AvgIpc) is 3.21. The van der Waals surface area contributed by atoms with Crippen molar-refractivity contribution in [2.75, 3.05) is 48.6 Å². The second-order valence-electron chi connectivity index (χ2n) is 15.3. The van der Waals surface area contributed by atoms with E-state index in [2.05, 4.69) is 0 Å². The van der Waals surface area contributed by atoms with Gasteiger partial charge < -0.3 is 38.1 Å². The molecule has 59 heavy (non-hydrogen) atoms. The number of benzene rings is 4. The molecule has 4 aromatic carbocycles. The van der Waals surface area contributed by atoms with Gasteiger partial charge in [0.2, 0.25) is 5.91 Å². The third-order valence-electron chi connectivity index (χ3n) is 10.2. The lowest BCUT2D eigenvalue weighted by atomic mass is 9.86. The molecule has 0 fully saturated rings. The molecule has 0 aromatic heterocycles. The number of nitrogens with zero attached hydrogens (tertiary/aromatic N) is 2. The summed E-state index contributed by atoms with van der Waals surface area (Å²) in [6, 6.07) is 18.5. The predicted molar refractivity (Wildman–Crippen MR) is 221 cm³/mol. The van der Waals surface area contributed by atoms with Crippen molar-refractivity contribution in [2.24, 2.45) is 0 Å². The highest BCUT2D eigenvalue weighted by molar-refractivity contribution is 6.07. The van der Waals surface area contributed by atoms with Gasteiger partial charge in [-0.3, -0.25) is 19.3 Å². The van der Waals surface area contributed by atoms with Gasteiger partial charge in [-0.1, -0.05) is 66.7 Å². The Morgan fingerprint density at radius 3 is 1.95 bits per heavy atom. The largest absolute Gasteiger partial charge is 0.496 e. The van der Waals surface area contributed by atoms with Crippen LogP contribution in [0.5, 0.6) is 28.7 Å². The van der Waals surface area contributed by atoms with Crippen molar-refractivity contribution in [1.82, 2.24) is 9.80 Å². The molecule has 0 spiro atoms. The van der Waals surface area contributed by atoms with E-state index < -0.39 is 35.5 Å². The Morgan fingerprint density at radius 2 is 1.41 bits per heavy atom. The molecule has 2 amide bonds. The van der Waals surface area contributed by atoms with E-state index in [1.165, 1.54) is 45.3 Å². The number of fused-ring (bicyclic) bond motifs is 1. The van der Waals surface area contributed by atoms with Crippen LogP contribution >= 0.6 is 0 Å². The third-order valence-corrected chi connectivity index (χ3v) is 10.2. The van der Waals surface area contributed by atoms with Gasteiger partial charge in [-0.25, -0.2) is 4.79 Å². The second kappa shape index (κ2) is 19.1. The summed E-state index contributed by atoms with van der Waals surface area (Å²) in [5.74, 6) is 0.383. The molecule has 0 saturated carbocycles. The Labute approximate surface area is 346 Å². The molecular weight excluding hydrogens is 757 g/mol. The Morgan fingerprint density at radius 1 is 0.831 bits per heavy atom. The van der Waals surface area contributed by atoms with Crippen molar-refractivity contribution < 1.29 is 52.3 Å². The highest BCUT2D eigenvalue weighted by atomic mass is 16.6. The standard InChI is InChI=1S/C46H54N2O11/c1-28-21-32(33(24-49)42(39(28)53-7)58-26-31-19-15-12-16-20-31)22-34(47(6)45(52)59-46(3,4)5)44(51)48-23-36(50)38-37(35(48)27-57-25-30-17-13-11-14-18-30)43(56-10)41(55-9)29(2)40(38)54-8/h11-21,24,34-35H,22-23,25-27H2,1-10H3/t34-,35+/m1/s1. The van der Waals surface area contributed by atoms with Crippen LogP contribution in [0.4, 0.5) is 4.79 Å². The molecule has 0 unspecified atom stereocenters. The van der Waals surface area contributed by atoms with Crippen LogP contribution < -0.4 is 23.7 Å². The first-order chi connectivity index (χ1) is 28.2. The molecular formula is C46H54N2O11. The van der Waals surface area contributed by atoms with E-state index in [1.54, 1.807) is 40.7 Å². The van der Waals surface area contributed by atoms with E-state index in [-0.39, 0.29) is 61.2 Å². The minimum Gasteiger partial charge on any atom is -0.496 e. The normalized spacial score (nSPS) is 14.2. The number of aldehydes is 1. The molecule has 13 nitrogen and oxygen atoms in total. The SMILES string of the molecule is COc1c(C)cc(C[C@H](C(=O)N2CC(=O)c3c(OC)c(C)c(OC)c(OC)c3[C@@H]2COCc2ccccc2)N(C)C(=O)OC(C)(C)C)c(C=O)c1OCc1ccccc1. The van der Waals surface area contributed by atoms with Crippen molar-refractivity contribution >= 4 is 24.1 Å². The maximum absolute atomic E-state index is 15.4. The molecule has 1 heterocycles. The molecule has 1 aliphatic rings. The minimum absolute atomic E-state index is 0.0752. The van der Waals surface area contributed by atoms with Gasteiger partial charge in [-0.15, -0.1) is 0 Å². The molecule has 1 aliphatic heterocycles. The Balaban J connectivity index is 1.66. The molecule has 0 saturated heterocycles. The van der Waals surface area contributed by atoms with Gasteiger partial charge in [0.25, 0.3) is 0 Å². The van der Waals surface area contributed by atoms with Crippen molar-refractivity contribution in [1.29, 1.82) is 0 Å². The summed E-state index contributed by atoms with van der Waals surface area (Å²) in [4.78, 5) is 59.3. The van der Waals surface area contributed by atoms with Gasteiger partial charge in [-0.2, -0.15) is 0 Å². The van der Waals surface area contributed by atoms with Crippen LogP contribution in [0.3, 0.4) is 0 Å². The molecule has 0 aliphatic carbocycles. The van der Waals surface area contributed by atoms with Crippen molar-refractivity contribution in [3.63, 3.8) is 0 Å². The first kappa shape index (κ1) is 44.0. The van der Waals surface area contributed by atoms with Crippen LogP contribution in [-0.2, 0) is 33.9 Å². The number of carbonyl (C=O) groups is 4. The third kappa shape index (κ3) is 9.63.